The molecule has 0 amide bonds. The molecule has 118 valence electrons. The molecule has 1 atom stereocenters. The van der Waals surface area contributed by atoms with Gasteiger partial charge >= 0.3 is 0 Å². The smallest absolute Gasteiger partial charge is 0.243 e. The van der Waals surface area contributed by atoms with Crippen molar-refractivity contribution in [3.63, 3.8) is 0 Å². The third kappa shape index (κ3) is 3.56. The first-order valence-corrected chi connectivity index (χ1v) is 8.71. The molecule has 0 aromatic heterocycles. The summed E-state index contributed by atoms with van der Waals surface area (Å²) in [5.41, 5.74) is 0.607. The van der Waals surface area contributed by atoms with Crippen molar-refractivity contribution < 1.29 is 18.3 Å². The van der Waals surface area contributed by atoms with Gasteiger partial charge in [-0.15, -0.1) is 0 Å². The second-order valence-corrected chi connectivity index (χ2v) is 7.46. The number of sulfonamides is 1. The predicted octanol–water partition coefficient (Wildman–Crippen LogP) is 1.65. The summed E-state index contributed by atoms with van der Waals surface area (Å²) >= 11 is 0. The highest BCUT2D eigenvalue weighted by Gasteiger charge is 2.30. The molecule has 5 nitrogen and oxygen atoms in total. The zero-order chi connectivity index (χ0) is 15.5. The van der Waals surface area contributed by atoms with Gasteiger partial charge in [-0.05, 0) is 48.9 Å². The highest BCUT2D eigenvalue weighted by atomic mass is 32.2. The van der Waals surface area contributed by atoms with E-state index < -0.39 is 10.0 Å². The number of rotatable bonds is 5. The summed E-state index contributed by atoms with van der Waals surface area (Å²) in [4.78, 5) is 0.284. The van der Waals surface area contributed by atoms with Crippen LogP contribution < -0.4 is 4.74 Å². The fraction of sp³-hybridized carbons (Fsp3) is 0.600. The van der Waals surface area contributed by atoms with Crippen LogP contribution in [0.15, 0.2) is 23.1 Å². The Kier molecular flexibility index (Phi) is 5.24. The number of hydrogen-bond donors (Lipinski definition) is 1. The molecule has 0 spiro atoms. The minimum Gasteiger partial charge on any atom is -0.497 e. The molecule has 1 aliphatic rings. The van der Waals surface area contributed by atoms with Gasteiger partial charge in [0.2, 0.25) is 10.0 Å². The average molecular weight is 313 g/mol. The first-order valence-electron chi connectivity index (χ1n) is 7.27. The fourth-order valence-corrected chi connectivity index (χ4v) is 4.58. The van der Waals surface area contributed by atoms with Gasteiger partial charge in [0.15, 0.2) is 0 Å². The Balaban J connectivity index is 2.38. The van der Waals surface area contributed by atoms with E-state index in [9.17, 15) is 13.5 Å². The number of aliphatic hydroxyl groups excluding tert-OH is 1. The Morgan fingerprint density at radius 3 is 2.81 bits per heavy atom. The van der Waals surface area contributed by atoms with E-state index in [0.717, 1.165) is 12.8 Å². The quantitative estimate of drug-likeness (QED) is 0.897. The van der Waals surface area contributed by atoms with E-state index in [-0.39, 0.29) is 11.5 Å². The maximum atomic E-state index is 12.8. The standard InChI is InChI=1S/C15H23NO4S/c1-12-4-3-8-16(11-12)21(18,19)15-6-5-14(20-2)10-13(15)7-9-17/h5-6,10,12,17H,3-4,7-9,11H2,1-2H3. The third-order valence-corrected chi connectivity index (χ3v) is 5.85. The molecule has 1 N–H and O–H groups in total. The molecule has 2 rings (SSSR count). The van der Waals surface area contributed by atoms with Gasteiger partial charge in [-0.3, -0.25) is 0 Å². The van der Waals surface area contributed by atoms with Gasteiger partial charge < -0.3 is 9.84 Å². The van der Waals surface area contributed by atoms with Crippen LogP contribution in [-0.2, 0) is 16.4 Å². The van der Waals surface area contributed by atoms with Crippen LogP contribution in [0.3, 0.4) is 0 Å². The molecule has 1 aliphatic heterocycles. The van der Waals surface area contributed by atoms with E-state index in [1.807, 2.05) is 0 Å². The summed E-state index contributed by atoms with van der Waals surface area (Å²) in [6.07, 6.45) is 2.26. The lowest BCUT2D eigenvalue weighted by atomic mass is 10.0. The fourth-order valence-electron chi connectivity index (χ4n) is 2.75. The van der Waals surface area contributed by atoms with Gasteiger partial charge in [0.25, 0.3) is 0 Å². The van der Waals surface area contributed by atoms with Crippen LogP contribution in [0.1, 0.15) is 25.3 Å². The summed E-state index contributed by atoms with van der Waals surface area (Å²) in [5.74, 6) is 0.984. The molecule has 0 radical (unpaired) electrons. The maximum absolute atomic E-state index is 12.8. The first kappa shape index (κ1) is 16.3. The highest BCUT2D eigenvalue weighted by molar-refractivity contribution is 7.89. The Labute approximate surface area is 126 Å². The number of piperidine rings is 1. The van der Waals surface area contributed by atoms with Crippen LogP contribution in [0, 0.1) is 5.92 Å². The van der Waals surface area contributed by atoms with Crippen molar-refractivity contribution in [3.8, 4) is 5.75 Å². The van der Waals surface area contributed by atoms with Gasteiger partial charge in [-0.25, -0.2) is 8.42 Å². The lowest BCUT2D eigenvalue weighted by Crippen LogP contribution is -2.39. The Morgan fingerprint density at radius 2 is 2.19 bits per heavy atom. The molecule has 1 unspecified atom stereocenters. The van der Waals surface area contributed by atoms with Crippen molar-refractivity contribution in [1.82, 2.24) is 4.31 Å². The summed E-state index contributed by atoms with van der Waals surface area (Å²) in [6.45, 7) is 3.11. The van der Waals surface area contributed by atoms with Gasteiger partial charge in [-0.2, -0.15) is 4.31 Å². The van der Waals surface area contributed by atoms with Crippen LogP contribution in [0.2, 0.25) is 0 Å². The lowest BCUT2D eigenvalue weighted by molar-refractivity contribution is 0.280. The van der Waals surface area contributed by atoms with Crippen LogP contribution in [0.4, 0.5) is 0 Å². The lowest BCUT2D eigenvalue weighted by Gasteiger charge is -2.30. The molecule has 0 aliphatic carbocycles. The number of methoxy groups -OCH3 is 1. The van der Waals surface area contributed by atoms with E-state index in [4.69, 9.17) is 4.74 Å². The van der Waals surface area contributed by atoms with Gasteiger partial charge in [0.05, 0.1) is 12.0 Å². The number of nitrogens with zero attached hydrogens (tertiary/aromatic N) is 1. The van der Waals surface area contributed by atoms with E-state index in [0.29, 0.717) is 36.7 Å². The number of aliphatic hydroxyl groups is 1. The van der Waals surface area contributed by atoms with Crippen molar-refractivity contribution in [3.05, 3.63) is 23.8 Å². The molecule has 1 aromatic rings. The van der Waals surface area contributed by atoms with Crippen molar-refractivity contribution in [2.45, 2.75) is 31.1 Å². The molecule has 6 heteroatoms. The maximum Gasteiger partial charge on any atom is 0.243 e. The summed E-state index contributed by atoms with van der Waals surface area (Å²) in [6, 6.07) is 4.93. The Hall–Kier alpha value is -1.11. The van der Waals surface area contributed by atoms with Crippen LogP contribution in [0.5, 0.6) is 5.75 Å². The number of ether oxygens (including phenoxy) is 1. The molecule has 0 saturated carbocycles. The van der Waals surface area contributed by atoms with Crippen molar-refractivity contribution >= 4 is 10.0 Å². The van der Waals surface area contributed by atoms with E-state index in [1.165, 1.54) is 0 Å². The topological polar surface area (TPSA) is 66.8 Å². The Bertz CT molecular complexity index is 585. The normalized spacial score (nSPS) is 20.4. The van der Waals surface area contributed by atoms with Crippen LogP contribution in [0.25, 0.3) is 0 Å². The van der Waals surface area contributed by atoms with Gasteiger partial charge in [0, 0.05) is 19.7 Å². The van der Waals surface area contributed by atoms with Crippen molar-refractivity contribution in [2.24, 2.45) is 5.92 Å². The average Bonchev–Trinajstić information content (AvgIpc) is 2.47. The van der Waals surface area contributed by atoms with Crippen molar-refractivity contribution in [1.29, 1.82) is 0 Å². The van der Waals surface area contributed by atoms with Crippen LogP contribution in [-0.4, -0.2) is 44.6 Å². The Morgan fingerprint density at radius 1 is 1.43 bits per heavy atom. The molecule has 1 aromatic carbocycles. The summed E-state index contributed by atoms with van der Waals surface area (Å²) in [7, 11) is -1.97. The largest absolute Gasteiger partial charge is 0.497 e. The van der Waals surface area contributed by atoms with Crippen LogP contribution >= 0.6 is 0 Å². The predicted molar refractivity (Wildman–Crippen MR) is 80.9 cm³/mol. The summed E-state index contributed by atoms with van der Waals surface area (Å²) in [5, 5.41) is 9.18. The minimum atomic E-state index is -3.51. The minimum absolute atomic E-state index is 0.0912. The first-order chi connectivity index (χ1) is 9.98. The molecular formula is C15H23NO4S. The molecule has 0 bridgehead atoms. The molecule has 1 heterocycles. The SMILES string of the molecule is COc1ccc(S(=O)(=O)N2CCCC(C)C2)c(CCO)c1. The number of hydrogen-bond acceptors (Lipinski definition) is 4. The molecular weight excluding hydrogens is 290 g/mol. The third-order valence-electron chi connectivity index (χ3n) is 3.89. The highest BCUT2D eigenvalue weighted by Crippen LogP contribution is 2.28. The number of benzene rings is 1. The zero-order valence-corrected chi connectivity index (χ0v) is 13.4. The van der Waals surface area contributed by atoms with E-state index in [2.05, 4.69) is 6.92 Å². The second kappa shape index (κ2) is 6.77. The van der Waals surface area contributed by atoms with E-state index >= 15 is 0 Å². The van der Waals surface area contributed by atoms with Crippen molar-refractivity contribution in [2.75, 3.05) is 26.8 Å². The second-order valence-electron chi connectivity index (χ2n) is 5.56. The van der Waals surface area contributed by atoms with Gasteiger partial charge in [0.1, 0.15) is 5.75 Å². The zero-order valence-electron chi connectivity index (χ0n) is 12.6. The molecule has 1 fully saturated rings. The van der Waals surface area contributed by atoms with E-state index in [1.54, 1.807) is 29.6 Å². The van der Waals surface area contributed by atoms with Gasteiger partial charge in [-0.1, -0.05) is 6.92 Å². The molecule has 21 heavy (non-hydrogen) atoms. The molecule has 1 saturated heterocycles. The monoisotopic (exact) mass is 313 g/mol. The summed E-state index contributed by atoms with van der Waals surface area (Å²) < 4.78 is 32.4.